The Kier molecular flexibility index (Phi) is 6.63. The molecule has 0 spiro atoms. The number of hydrogen-bond donors (Lipinski definition) is 3. The summed E-state index contributed by atoms with van der Waals surface area (Å²) in [5.41, 5.74) is 2.55. The zero-order chi connectivity index (χ0) is 24.4. The van der Waals surface area contributed by atoms with E-state index in [1.807, 2.05) is 6.07 Å². The van der Waals surface area contributed by atoms with Crippen LogP contribution in [0.2, 0.25) is 5.02 Å². The first kappa shape index (κ1) is 23.2. The summed E-state index contributed by atoms with van der Waals surface area (Å²) in [5, 5.41) is 7.70. The molecule has 1 aromatic heterocycles. The van der Waals surface area contributed by atoms with Crippen LogP contribution in [0.1, 0.15) is 52.8 Å². The predicted octanol–water partition coefficient (Wildman–Crippen LogP) is 4.64. The Morgan fingerprint density at radius 3 is 2.29 bits per heavy atom. The van der Waals surface area contributed by atoms with Crippen LogP contribution in [-0.4, -0.2) is 48.1 Å². The van der Waals surface area contributed by atoms with Crippen molar-refractivity contribution < 1.29 is 19.1 Å². The second-order valence-corrected chi connectivity index (χ2v) is 9.41. The Morgan fingerprint density at radius 2 is 1.60 bits per heavy atom. The number of aromatic nitrogens is 1. The quantitative estimate of drug-likeness (QED) is 0.480. The zero-order valence-electron chi connectivity index (χ0n) is 19.2. The van der Waals surface area contributed by atoms with Gasteiger partial charge in [-0.25, -0.2) is 4.79 Å². The van der Waals surface area contributed by atoms with Crippen LogP contribution in [0.5, 0.6) is 0 Å². The van der Waals surface area contributed by atoms with E-state index >= 15 is 0 Å². The summed E-state index contributed by atoms with van der Waals surface area (Å²) in [6, 6.07) is 12.0. The summed E-state index contributed by atoms with van der Waals surface area (Å²) in [4.78, 5) is 42.5. The van der Waals surface area contributed by atoms with Crippen molar-refractivity contribution in [3.8, 4) is 0 Å². The number of carbonyl (C=O) groups excluding carboxylic acids is 3. The second-order valence-electron chi connectivity index (χ2n) is 9.01. The first-order chi connectivity index (χ1) is 17.0. The number of halogens is 1. The summed E-state index contributed by atoms with van der Waals surface area (Å²) in [7, 11) is 0. The van der Waals surface area contributed by atoms with E-state index in [1.165, 1.54) is 0 Å². The monoisotopic (exact) mass is 494 g/mol. The van der Waals surface area contributed by atoms with Gasteiger partial charge in [0.1, 0.15) is 0 Å². The predicted molar refractivity (Wildman–Crippen MR) is 134 cm³/mol. The van der Waals surface area contributed by atoms with Gasteiger partial charge in [0, 0.05) is 52.5 Å². The van der Waals surface area contributed by atoms with Gasteiger partial charge < -0.3 is 20.4 Å². The maximum absolute atomic E-state index is 13.0. The van der Waals surface area contributed by atoms with Crippen molar-refractivity contribution in [3.05, 3.63) is 64.8 Å². The van der Waals surface area contributed by atoms with E-state index < -0.39 is 0 Å². The number of fused-ring (bicyclic) bond motifs is 1. The number of carbonyl (C=O) groups is 3. The molecular formula is C26H27ClN4O4. The van der Waals surface area contributed by atoms with Gasteiger partial charge in [-0.2, -0.15) is 0 Å². The summed E-state index contributed by atoms with van der Waals surface area (Å²) < 4.78 is 5.09. The number of hydrogen-bond acceptors (Lipinski definition) is 4. The SMILES string of the molecule is O=C(N[C@H]1CCCC[C@H]1NC(=O)c1ccc2c(Cl)c[nH]c2c1)c1ccc(N2CCCOC2=O)cc1. The molecule has 9 heteroatoms. The minimum atomic E-state index is -0.368. The Morgan fingerprint density at radius 1 is 0.943 bits per heavy atom. The van der Waals surface area contributed by atoms with E-state index in [0.29, 0.717) is 35.0 Å². The minimum absolute atomic E-state index is 0.162. The number of nitrogens with one attached hydrogen (secondary N) is 3. The van der Waals surface area contributed by atoms with Gasteiger partial charge in [0.25, 0.3) is 11.8 Å². The van der Waals surface area contributed by atoms with Gasteiger partial charge in [-0.15, -0.1) is 0 Å². The van der Waals surface area contributed by atoms with E-state index in [1.54, 1.807) is 47.5 Å². The molecule has 2 aromatic carbocycles. The van der Waals surface area contributed by atoms with Gasteiger partial charge in [0.2, 0.25) is 0 Å². The number of anilines is 1. The van der Waals surface area contributed by atoms with Crippen molar-refractivity contribution in [1.29, 1.82) is 0 Å². The highest BCUT2D eigenvalue weighted by Gasteiger charge is 2.29. The van der Waals surface area contributed by atoms with Gasteiger partial charge in [-0.3, -0.25) is 14.5 Å². The highest BCUT2D eigenvalue weighted by Crippen LogP contribution is 2.25. The number of benzene rings is 2. The largest absolute Gasteiger partial charge is 0.449 e. The van der Waals surface area contributed by atoms with Crippen LogP contribution in [0.3, 0.4) is 0 Å². The molecule has 0 unspecified atom stereocenters. The number of rotatable bonds is 5. The molecule has 0 bridgehead atoms. The molecule has 3 amide bonds. The average Bonchev–Trinajstić information content (AvgIpc) is 3.25. The lowest BCUT2D eigenvalue weighted by Crippen LogP contribution is -2.53. The average molecular weight is 495 g/mol. The first-order valence-electron chi connectivity index (χ1n) is 11.9. The molecule has 1 aliphatic carbocycles. The molecule has 1 saturated heterocycles. The second kappa shape index (κ2) is 10.00. The Bertz CT molecular complexity index is 1260. The van der Waals surface area contributed by atoms with Crippen LogP contribution in [0.4, 0.5) is 10.5 Å². The van der Waals surface area contributed by atoms with Gasteiger partial charge in [-0.05, 0) is 55.7 Å². The van der Waals surface area contributed by atoms with E-state index in [0.717, 1.165) is 43.0 Å². The molecule has 35 heavy (non-hydrogen) atoms. The lowest BCUT2D eigenvalue weighted by Gasteiger charge is -2.33. The Hall–Kier alpha value is -3.52. The van der Waals surface area contributed by atoms with Crippen LogP contribution in [0, 0.1) is 0 Å². The molecular weight excluding hydrogens is 468 g/mol. The molecule has 1 aliphatic heterocycles. The van der Waals surface area contributed by atoms with Crippen molar-refractivity contribution in [2.45, 2.75) is 44.2 Å². The molecule has 2 atom stereocenters. The fourth-order valence-corrected chi connectivity index (χ4v) is 5.01. The van der Waals surface area contributed by atoms with Crippen molar-refractivity contribution in [1.82, 2.24) is 15.6 Å². The third-order valence-electron chi connectivity index (χ3n) is 6.71. The molecule has 8 nitrogen and oxygen atoms in total. The van der Waals surface area contributed by atoms with Crippen LogP contribution >= 0.6 is 11.6 Å². The molecule has 1 saturated carbocycles. The number of aromatic amines is 1. The third-order valence-corrected chi connectivity index (χ3v) is 7.02. The van der Waals surface area contributed by atoms with E-state index in [9.17, 15) is 14.4 Å². The highest BCUT2D eigenvalue weighted by molar-refractivity contribution is 6.35. The number of ether oxygens (including phenoxy) is 1. The van der Waals surface area contributed by atoms with Crippen LogP contribution in [0.15, 0.2) is 48.7 Å². The summed E-state index contributed by atoms with van der Waals surface area (Å²) in [6.45, 7) is 1.03. The smallest absolute Gasteiger partial charge is 0.414 e. The maximum Gasteiger partial charge on any atom is 0.414 e. The van der Waals surface area contributed by atoms with Crippen molar-refractivity contribution in [3.63, 3.8) is 0 Å². The fraction of sp³-hybridized carbons (Fsp3) is 0.346. The number of H-pyrrole nitrogens is 1. The maximum atomic E-state index is 13.0. The summed E-state index contributed by atoms with van der Waals surface area (Å²) >= 11 is 6.14. The number of nitrogens with zero attached hydrogens (tertiary/aromatic N) is 1. The Labute approximate surface area is 208 Å². The zero-order valence-corrected chi connectivity index (χ0v) is 19.9. The van der Waals surface area contributed by atoms with E-state index in [2.05, 4.69) is 15.6 Å². The molecule has 5 rings (SSSR count). The van der Waals surface area contributed by atoms with Gasteiger partial charge in [-0.1, -0.05) is 30.5 Å². The first-order valence-corrected chi connectivity index (χ1v) is 12.3. The van der Waals surface area contributed by atoms with Crippen molar-refractivity contribution >= 4 is 46.1 Å². The molecule has 0 radical (unpaired) electrons. The number of cyclic esters (lactones) is 1. The highest BCUT2D eigenvalue weighted by atomic mass is 35.5. The number of amides is 3. The molecule has 3 aromatic rings. The van der Waals surface area contributed by atoms with Gasteiger partial charge in [0.05, 0.1) is 11.6 Å². The van der Waals surface area contributed by atoms with Crippen LogP contribution in [-0.2, 0) is 4.74 Å². The lowest BCUT2D eigenvalue weighted by molar-refractivity contribution is 0.0863. The summed E-state index contributed by atoms with van der Waals surface area (Å²) in [6.07, 6.45) is 5.67. The normalized spacial score (nSPS) is 20.4. The Balaban J connectivity index is 1.24. The minimum Gasteiger partial charge on any atom is -0.449 e. The lowest BCUT2D eigenvalue weighted by atomic mass is 9.89. The molecule has 3 N–H and O–H groups in total. The molecule has 182 valence electrons. The van der Waals surface area contributed by atoms with Crippen LogP contribution < -0.4 is 15.5 Å². The van der Waals surface area contributed by atoms with E-state index in [4.69, 9.17) is 16.3 Å². The van der Waals surface area contributed by atoms with Crippen molar-refractivity contribution in [2.75, 3.05) is 18.1 Å². The van der Waals surface area contributed by atoms with Crippen LogP contribution in [0.25, 0.3) is 10.9 Å². The fourth-order valence-electron chi connectivity index (χ4n) is 4.79. The van der Waals surface area contributed by atoms with E-state index in [-0.39, 0.29) is 30.0 Å². The molecule has 2 fully saturated rings. The van der Waals surface area contributed by atoms with Gasteiger partial charge in [0.15, 0.2) is 0 Å². The third kappa shape index (κ3) is 4.98. The molecule has 2 heterocycles. The molecule has 2 aliphatic rings. The summed E-state index contributed by atoms with van der Waals surface area (Å²) in [5.74, 6) is -0.382. The van der Waals surface area contributed by atoms with Crippen molar-refractivity contribution in [2.24, 2.45) is 0 Å². The topological polar surface area (TPSA) is 104 Å². The standard InChI is InChI=1S/C26H27ClN4O4/c27-20-15-28-23-14-17(8-11-19(20)23)25(33)30-22-5-2-1-4-21(22)29-24(32)16-6-9-18(10-7-16)31-12-3-13-35-26(31)34/h6-11,14-15,21-22,28H,1-5,12-13H2,(H,29,32)(H,30,33)/t21-,22+/m0/s1. The van der Waals surface area contributed by atoms with Gasteiger partial charge >= 0.3 is 6.09 Å².